The van der Waals surface area contributed by atoms with E-state index < -0.39 is 0 Å². The van der Waals surface area contributed by atoms with Gasteiger partial charge in [0.25, 0.3) is 0 Å². The molecule has 0 aliphatic heterocycles. The summed E-state index contributed by atoms with van der Waals surface area (Å²) in [6.07, 6.45) is 6.06. The van der Waals surface area contributed by atoms with Gasteiger partial charge in [0.15, 0.2) is 0 Å². The lowest BCUT2D eigenvalue weighted by atomic mass is 9.68. The fraction of sp³-hybridized carbons (Fsp3) is 0.357. The molecule has 0 saturated heterocycles. The number of benzene rings is 1. The lowest BCUT2D eigenvalue weighted by Gasteiger charge is -2.36. The van der Waals surface area contributed by atoms with E-state index in [2.05, 4.69) is 12.1 Å². The zero-order valence-corrected chi connectivity index (χ0v) is 9.32. The van der Waals surface area contributed by atoms with Crippen molar-refractivity contribution in [2.75, 3.05) is 0 Å². The summed E-state index contributed by atoms with van der Waals surface area (Å²) in [7, 11) is 0. The normalized spacial score (nSPS) is 21.3. The van der Waals surface area contributed by atoms with E-state index in [-0.39, 0.29) is 5.97 Å². The van der Waals surface area contributed by atoms with Crippen LogP contribution in [0, 0.1) is 0 Å². The van der Waals surface area contributed by atoms with Gasteiger partial charge in [-0.2, -0.15) is 0 Å². The van der Waals surface area contributed by atoms with Crippen molar-refractivity contribution in [3.63, 3.8) is 0 Å². The van der Waals surface area contributed by atoms with Crippen LogP contribution in [0.15, 0.2) is 24.3 Å². The van der Waals surface area contributed by atoms with Crippen molar-refractivity contribution in [3.05, 3.63) is 35.4 Å². The van der Waals surface area contributed by atoms with Crippen molar-refractivity contribution in [1.29, 1.82) is 0 Å². The highest BCUT2D eigenvalue weighted by Gasteiger charge is 2.33. The molecule has 16 heavy (non-hydrogen) atoms. The number of hydrogen-bond donors (Lipinski definition) is 0. The Morgan fingerprint density at radius 2 is 2.31 bits per heavy atom. The maximum absolute atomic E-state index is 10.9. The zero-order chi connectivity index (χ0) is 11.1. The summed E-state index contributed by atoms with van der Waals surface area (Å²) in [4.78, 5) is 10.9. The van der Waals surface area contributed by atoms with Crippen LogP contribution in [0.3, 0.4) is 0 Å². The van der Waals surface area contributed by atoms with Crippen LogP contribution in [0.25, 0.3) is 5.57 Å². The van der Waals surface area contributed by atoms with Crippen molar-refractivity contribution in [3.8, 4) is 5.75 Å². The SMILES string of the molecule is CC(=O)Oc1ccc2c(c1)[C@H]1CCCC=C21. The van der Waals surface area contributed by atoms with Crippen molar-refractivity contribution >= 4 is 11.5 Å². The number of rotatable bonds is 1. The second-order valence-electron chi connectivity index (χ2n) is 4.49. The molecule has 0 aromatic heterocycles. The number of carbonyl (C=O) groups is 1. The molecule has 2 nitrogen and oxygen atoms in total. The monoisotopic (exact) mass is 214 g/mol. The maximum atomic E-state index is 10.9. The summed E-state index contributed by atoms with van der Waals surface area (Å²) >= 11 is 0. The summed E-state index contributed by atoms with van der Waals surface area (Å²) in [5, 5.41) is 0. The summed E-state index contributed by atoms with van der Waals surface area (Å²) in [5.41, 5.74) is 4.20. The highest BCUT2D eigenvalue weighted by molar-refractivity contribution is 5.85. The molecule has 2 heteroatoms. The fourth-order valence-corrected chi connectivity index (χ4v) is 2.74. The topological polar surface area (TPSA) is 26.3 Å². The highest BCUT2D eigenvalue weighted by Crippen LogP contribution is 2.51. The minimum atomic E-state index is -0.251. The molecule has 0 bridgehead atoms. The van der Waals surface area contributed by atoms with Crippen LogP contribution in [-0.4, -0.2) is 5.97 Å². The Labute approximate surface area is 94.9 Å². The smallest absolute Gasteiger partial charge is 0.308 e. The van der Waals surface area contributed by atoms with E-state index in [0.29, 0.717) is 11.7 Å². The highest BCUT2D eigenvalue weighted by atomic mass is 16.5. The molecule has 1 aromatic rings. The van der Waals surface area contributed by atoms with Gasteiger partial charge < -0.3 is 4.74 Å². The molecule has 2 aliphatic carbocycles. The summed E-state index contributed by atoms with van der Waals surface area (Å²) in [5.74, 6) is 1.02. The first kappa shape index (κ1) is 9.64. The summed E-state index contributed by atoms with van der Waals surface area (Å²) in [6.45, 7) is 1.44. The maximum Gasteiger partial charge on any atom is 0.308 e. The lowest BCUT2D eigenvalue weighted by molar-refractivity contribution is -0.131. The van der Waals surface area contributed by atoms with Crippen molar-refractivity contribution in [1.82, 2.24) is 0 Å². The Morgan fingerprint density at radius 3 is 3.12 bits per heavy atom. The van der Waals surface area contributed by atoms with Gasteiger partial charge in [0.2, 0.25) is 0 Å². The third kappa shape index (κ3) is 1.37. The molecule has 0 radical (unpaired) electrons. The number of carbonyl (C=O) groups excluding carboxylic acids is 1. The minimum Gasteiger partial charge on any atom is -0.427 e. The average molecular weight is 214 g/mol. The van der Waals surface area contributed by atoms with Crippen LogP contribution in [0.4, 0.5) is 0 Å². The Kier molecular flexibility index (Phi) is 2.10. The Hall–Kier alpha value is -1.57. The molecule has 1 aromatic carbocycles. The largest absolute Gasteiger partial charge is 0.427 e. The second-order valence-corrected chi connectivity index (χ2v) is 4.49. The van der Waals surface area contributed by atoms with Crippen LogP contribution >= 0.6 is 0 Å². The number of allylic oxidation sites excluding steroid dienone is 2. The Bertz CT molecular complexity index is 486. The van der Waals surface area contributed by atoms with E-state index in [1.54, 1.807) is 0 Å². The minimum absolute atomic E-state index is 0.251. The quantitative estimate of drug-likeness (QED) is 0.529. The molecular weight excluding hydrogens is 200 g/mol. The second kappa shape index (κ2) is 3.48. The number of ether oxygens (including phenoxy) is 1. The van der Waals surface area contributed by atoms with E-state index in [0.717, 1.165) is 0 Å². The molecule has 0 heterocycles. The molecule has 0 amide bonds. The number of hydrogen-bond acceptors (Lipinski definition) is 2. The molecule has 0 unspecified atom stereocenters. The molecule has 2 aliphatic rings. The van der Waals surface area contributed by atoms with Crippen LogP contribution in [0.2, 0.25) is 0 Å². The Balaban J connectivity index is 1.95. The Morgan fingerprint density at radius 1 is 1.44 bits per heavy atom. The average Bonchev–Trinajstić information content (AvgIpc) is 2.26. The zero-order valence-electron chi connectivity index (χ0n) is 9.32. The van der Waals surface area contributed by atoms with Crippen LogP contribution < -0.4 is 4.74 Å². The third-order valence-electron chi connectivity index (χ3n) is 3.41. The van der Waals surface area contributed by atoms with Gasteiger partial charge in [0.1, 0.15) is 5.75 Å². The summed E-state index contributed by atoms with van der Waals surface area (Å²) < 4.78 is 5.11. The van der Waals surface area contributed by atoms with Crippen LogP contribution in [0.1, 0.15) is 43.2 Å². The van der Waals surface area contributed by atoms with Gasteiger partial charge in [0, 0.05) is 12.8 Å². The molecule has 1 atom stereocenters. The van der Waals surface area contributed by atoms with Gasteiger partial charge in [-0.3, -0.25) is 4.79 Å². The molecule has 0 N–H and O–H groups in total. The van der Waals surface area contributed by atoms with Gasteiger partial charge in [0.05, 0.1) is 0 Å². The number of esters is 1. The fourth-order valence-electron chi connectivity index (χ4n) is 2.74. The van der Waals surface area contributed by atoms with E-state index >= 15 is 0 Å². The van der Waals surface area contributed by atoms with Crippen molar-refractivity contribution in [2.24, 2.45) is 0 Å². The standard InChI is InChI=1S/C14H14O2/c1-9(15)16-10-6-7-13-11-4-2-3-5-12(11)14(13)8-10/h4,6-8,12H,2-3,5H2,1H3/t12-/m0/s1. The third-order valence-corrected chi connectivity index (χ3v) is 3.41. The van der Waals surface area contributed by atoms with Crippen molar-refractivity contribution in [2.45, 2.75) is 32.1 Å². The predicted octanol–water partition coefficient (Wildman–Crippen LogP) is 3.28. The molecule has 0 spiro atoms. The molecular formula is C14H14O2. The van der Waals surface area contributed by atoms with E-state index in [1.165, 1.54) is 42.9 Å². The van der Waals surface area contributed by atoms with Crippen molar-refractivity contribution < 1.29 is 9.53 Å². The molecule has 82 valence electrons. The lowest BCUT2D eigenvalue weighted by Crippen LogP contribution is -2.18. The van der Waals surface area contributed by atoms with Gasteiger partial charge in [-0.05, 0) is 48.1 Å². The first-order chi connectivity index (χ1) is 7.75. The number of fused-ring (bicyclic) bond motifs is 4. The van der Waals surface area contributed by atoms with Crippen LogP contribution in [-0.2, 0) is 4.79 Å². The molecule has 0 fully saturated rings. The van der Waals surface area contributed by atoms with Crippen LogP contribution in [0.5, 0.6) is 5.75 Å². The van der Waals surface area contributed by atoms with Gasteiger partial charge >= 0.3 is 5.97 Å². The van der Waals surface area contributed by atoms with Gasteiger partial charge in [-0.1, -0.05) is 12.1 Å². The van der Waals surface area contributed by atoms with E-state index in [9.17, 15) is 4.79 Å². The first-order valence-electron chi connectivity index (χ1n) is 5.78. The predicted molar refractivity (Wildman–Crippen MR) is 62.3 cm³/mol. The van der Waals surface area contributed by atoms with E-state index in [4.69, 9.17) is 4.74 Å². The van der Waals surface area contributed by atoms with Gasteiger partial charge in [-0.25, -0.2) is 0 Å². The molecule has 0 saturated carbocycles. The van der Waals surface area contributed by atoms with E-state index in [1.807, 2.05) is 12.1 Å². The van der Waals surface area contributed by atoms with Gasteiger partial charge in [-0.15, -0.1) is 0 Å². The summed E-state index contributed by atoms with van der Waals surface area (Å²) in [6, 6.07) is 5.97. The first-order valence-corrected chi connectivity index (χ1v) is 5.78. The molecule has 3 rings (SSSR count).